The summed E-state index contributed by atoms with van der Waals surface area (Å²) in [5.74, 6) is 0. The van der Waals surface area contributed by atoms with E-state index in [1.54, 1.807) is 10.9 Å². The molecule has 0 aliphatic carbocycles. The number of aldehydes is 1. The molecule has 17 heavy (non-hydrogen) atoms. The highest BCUT2D eigenvalue weighted by molar-refractivity contribution is 5.98. The lowest BCUT2D eigenvalue weighted by Crippen LogP contribution is -1.94. The molecule has 2 aromatic heterocycles. The van der Waals surface area contributed by atoms with Crippen molar-refractivity contribution in [1.29, 1.82) is 0 Å². The van der Waals surface area contributed by atoms with Crippen molar-refractivity contribution in [3.63, 3.8) is 0 Å². The molecule has 0 aliphatic heterocycles. The van der Waals surface area contributed by atoms with Crippen LogP contribution < -0.4 is 0 Å². The first kappa shape index (κ1) is 9.84. The molecular weight excluding hydrogens is 214 g/mol. The van der Waals surface area contributed by atoms with Crippen LogP contribution >= 0.6 is 0 Å². The Morgan fingerprint density at radius 1 is 1.35 bits per heavy atom. The first-order chi connectivity index (χ1) is 8.31. The minimum absolute atomic E-state index is 0.609. The third-order valence-electron chi connectivity index (χ3n) is 2.94. The number of H-pyrrole nitrogens is 1. The molecule has 4 nitrogen and oxygen atoms in total. The van der Waals surface area contributed by atoms with Gasteiger partial charge in [-0.25, -0.2) is 0 Å². The van der Waals surface area contributed by atoms with Crippen LogP contribution in [-0.4, -0.2) is 21.1 Å². The number of carbonyl (C=O) groups excluding carboxylic acids is 1. The summed E-state index contributed by atoms with van der Waals surface area (Å²) in [7, 11) is 1.84. The first-order valence-electron chi connectivity index (χ1n) is 5.35. The summed E-state index contributed by atoms with van der Waals surface area (Å²) in [6.07, 6.45) is 4.34. The first-order valence-corrected chi connectivity index (χ1v) is 5.35. The molecule has 0 aliphatic rings. The van der Waals surface area contributed by atoms with Gasteiger partial charge in [0.1, 0.15) is 0 Å². The summed E-state index contributed by atoms with van der Waals surface area (Å²) in [6, 6.07) is 8.00. The van der Waals surface area contributed by atoms with E-state index in [1.807, 2.05) is 37.5 Å². The number of hydrogen-bond acceptors (Lipinski definition) is 2. The van der Waals surface area contributed by atoms with E-state index in [2.05, 4.69) is 10.1 Å². The molecule has 0 spiro atoms. The Morgan fingerprint density at radius 3 is 3.00 bits per heavy atom. The second kappa shape index (κ2) is 3.59. The molecule has 3 rings (SSSR count). The summed E-state index contributed by atoms with van der Waals surface area (Å²) >= 11 is 0. The van der Waals surface area contributed by atoms with Crippen LogP contribution in [0.3, 0.4) is 0 Å². The molecule has 1 aromatic carbocycles. The van der Waals surface area contributed by atoms with E-state index in [-0.39, 0.29) is 0 Å². The van der Waals surface area contributed by atoms with Crippen LogP contribution in [0.25, 0.3) is 22.2 Å². The zero-order chi connectivity index (χ0) is 11.8. The van der Waals surface area contributed by atoms with Crippen molar-refractivity contribution >= 4 is 17.2 Å². The van der Waals surface area contributed by atoms with Crippen LogP contribution in [0.15, 0.2) is 36.7 Å². The fourth-order valence-corrected chi connectivity index (χ4v) is 2.14. The molecule has 2 heterocycles. The van der Waals surface area contributed by atoms with Gasteiger partial charge in [0, 0.05) is 29.7 Å². The zero-order valence-electron chi connectivity index (χ0n) is 9.34. The maximum atomic E-state index is 11.0. The Bertz CT molecular complexity index is 694. The van der Waals surface area contributed by atoms with Crippen molar-refractivity contribution in [1.82, 2.24) is 14.8 Å². The number of aromatic amines is 1. The highest BCUT2D eigenvalue weighted by Crippen LogP contribution is 2.29. The fraction of sp³-hybridized carbons (Fsp3) is 0.0769. The van der Waals surface area contributed by atoms with E-state index in [4.69, 9.17) is 0 Å². The average molecular weight is 225 g/mol. The zero-order valence-corrected chi connectivity index (χ0v) is 9.34. The van der Waals surface area contributed by atoms with Gasteiger partial charge in [0.15, 0.2) is 6.29 Å². The second-order valence-corrected chi connectivity index (χ2v) is 3.94. The predicted octanol–water partition coefficient (Wildman–Crippen LogP) is 2.38. The molecule has 0 bridgehead atoms. The number of benzene rings is 1. The quantitative estimate of drug-likeness (QED) is 0.681. The molecular formula is C13H11N3O. The average Bonchev–Trinajstić information content (AvgIpc) is 2.92. The highest BCUT2D eigenvalue weighted by Gasteiger charge is 2.13. The molecule has 1 N–H and O–H groups in total. The number of hydrogen-bond donors (Lipinski definition) is 1. The molecule has 0 atom stereocenters. The van der Waals surface area contributed by atoms with Gasteiger partial charge in [-0.05, 0) is 6.07 Å². The third-order valence-corrected chi connectivity index (χ3v) is 2.94. The van der Waals surface area contributed by atoms with Crippen LogP contribution in [-0.2, 0) is 7.05 Å². The molecule has 0 radical (unpaired) electrons. The number of fused-ring (bicyclic) bond motifs is 1. The molecule has 0 amide bonds. The summed E-state index contributed by atoms with van der Waals surface area (Å²) in [6.45, 7) is 0. The van der Waals surface area contributed by atoms with Gasteiger partial charge >= 0.3 is 0 Å². The number of rotatable bonds is 2. The summed E-state index contributed by atoms with van der Waals surface area (Å²) in [5, 5.41) is 5.22. The number of para-hydroxylation sites is 1. The Hall–Kier alpha value is -2.36. The van der Waals surface area contributed by atoms with Gasteiger partial charge in [-0.2, -0.15) is 5.10 Å². The van der Waals surface area contributed by atoms with Crippen LogP contribution in [0.2, 0.25) is 0 Å². The lowest BCUT2D eigenvalue weighted by molar-refractivity contribution is 0.112. The maximum Gasteiger partial charge on any atom is 0.153 e. The van der Waals surface area contributed by atoms with Crippen LogP contribution in [0.1, 0.15) is 10.4 Å². The van der Waals surface area contributed by atoms with Crippen molar-refractivity contribution in [3.8, 4) is 11.3 Å². The van der Waals surface area contributed by atoms with Gasteiger partial charge in [0.2, 0.25) is 0 Å². The molecule has 4 heteroatoms. The van der Waals surface area contributed by atoms with Crippen LogP contribution in [0, 0.1) is 0 Å². The van der Waals surface area contributed by atoms with Crippen molar-refractivity contribution in [2.24, 2.45) is 7.05 Å². The molecule has 0 saturated heterocycles. The minimum Gasteiger partial charge on any atom is -0.360 e. The Balaban J connectivity index is 2.34. The molecule has 84 valence electrons. The third kappa shape index (κ3) is 1.38. The van der Waals surface area contributed by atoms with Crippen LogP contribution in [0.5, 0.6) is 0 Å². The SMILES string of the molecule is Cn1ncc(C=O)c1-c1c[nH]c2ccccc12. The van der Waals surface area contributed by atoms with Crippen LogP contribution in [0.4, 0.5) is 0 Å². The van der Waals surface area contributed by atoms with Gasteiger partial charge in [-0.1, -0.05) is 18.2 Å². The summed E-state index contributed by atoms with van der Waals surface area (Å²) in [4.78, 5) is 14.2. The van der Waals surface area contributed by atoms with E-state index in [0.717, 1.165) is 28.4 Å². The molecule has 0 saturated carbocycles. The number of nitrogens with one attached hydrogen (secondary N) is 1. The van der Waals surface area contributed by atoms with Gasteiger partial charge < -0.3 is 4.98 Å². The van der Waals surface area contributed by atoms with Crippen molar-refractivity contribution in [3.05, 3.63) is 42.2 Å². The Morgan fingerprint density at radius 2 is 2.18 bits per heavy atom. The van der Waals surface area contributed by atoms with Gasteiger partial charge in [-0.15, -0.1) is 0 Å². The van der Waals surface area contributed by atoms with E-state index in [1.165, 1.54) is 0 Å². The lowest BCUT2D eigenvalue weighted by atomic mass is 10.1. The Labute approximate surface area is 97.9 Å². The van der Waals surface area contributed by atoms with Crippen molar-refractivity contribution in [2.45, 2.75) is 0 Å². The van der Waals surface area contributed by atoms with Crippen molar-refractivity contribution < 1.29 is 4.79 Å². The standard InChI is InChI=1S/C13H11N3O/c1-16-13(9(8-17)6-15-16)11-7-14-12-5-3-2-4-10(11)12/h2-8,14H,1H3. The Kier molecular flexibility index (Phi) is 2.08. The predicted molar refractivity (Wildman–Crippen MR) is 65.9 cm³/mol. The normalized spacial score (nSPS) is 10.9. The minimum atomic E-state index is 0.609. The summed E-state index contributed by atoms with van der Waals surface area (Å²) in [5.41, 5.74) is 3.51. The molecule has 0 fully saturated rings. The maximum absolute atomic E-state index is 11.0. The summed E-state index contributed by atoms with van der Waals surface area (Å²) < 4.78 is 1.72. The highest BCUT2D eigenvalue weighted by atomic mass is 16.1. The number of aromatic nitrogens is 3. The molecule has 0 unspecified atom stereocenters. The fourth-order valence-electron chi connectivity index (χ4n) is 2.14. The molecule has 3 aromatic rings. The van der Waals surface area contributed by atoms with Crippen molar-refractivity contribution in [2.75, 3.05) is 0 Å². The van der Waals surface area contributed by atoms with Gasteiger partial charge in [0.05, 0.1) is 17.5 Å². The second-order valence-electron chi connectivity index (χ2n) is 3.94. The van der Waals surface area contributed by atoms with E-state index >= 15 is 0 Å². The largest absolute Gasteiger partial charge is 0.360 e. The van der Waals surface area contributed by atoms with E-state index < -0.39 is 0 Å². The number of carbonyl (C=O) groups is 1. The van der Waals surface area contributed by atoms with E-state index in [9.17, 15) is 4.79 Å². The monoisotopic (exact) mass is 225 g/mol. The lowest BCUT2D eigenvalue weighted by Gasteiger charge is -2.01. The number of aryl methyl sites for hydroxylation is 1. The smallest absolute Gasteiger partial charge is 0.153 e. The van der Waals surface area contributed by atoms with E-state index in [0.29, 0.717) is 5.56 Å². The van der Waals surface area contributed by atoms with Gasteiger partial charge in [0.25, 0.3) is 0 Å². The number of nitrogens with zero attached hydrogens (tertiary/aromatic N) is 2. The van der Waals surface area contributed by atoms with Gasteiger partial charge in [-0.3, -0.25) is 9.48 Å². The topological polar surface area (TPSA) is 50.7 Å².